The van der Waals surface area contributed by atoms with Crippen molar-refractivity contribution in [1.29, 1.82) is 0 Å². The normalized spacial score (nSPS) is 10.1. The van der Waals surface area contributed by atoms with Gasteiger partial charge in [-0.05, 0) is 24.3 Å². The van der Waals surface area contributed by atoms with Crippen molar-refractivity contribution in [2.45, 2.75) is 4.90 Å². The monoisotopic (exact) mass is 446 g/mol. The average Bonchev–Trinajstić information content (AvgIpc) is 2.59. The highest BCUT2D eigenvalue weighted by Gasteiger charge is 2.31. The number of carbonyl (C=O) groups is 4. The number of rotatable bonds is 7. The molecule has 0 atom stereocenters. The topological polar surface area (TPSA) is 256 Å². The Kier molecular flexibility index (Phi) is 8.20. The van der Waals surface area contributed by atoms with Crippen LogP contribution in [0, 0.1) is 0 Å². The molecule has 2 aromatic carbocycles. The molecule has 0 heterocycles. The van der Waals surface area contributed by atoms with Gasteiger partial charge >= 0.3 is 34.0 Å². The highest BCUT2D eigenvalue weighted by Crippen LogP contribution is 2.28. The van der Waals surface area contributed by atoms with Crippen LogP contribution >= 0.6 is 0 Å². The van der Waals surface area contributed by atoms with Gasteiger partial charge in [-0.2, -0.15) is 8.42 Å². The molecule has 0 amide bonds. The minimum Gasteiger partial charge on any atom is -0.478 e. The van der Waals surface area contributed by atoms with Gasteiger partial charge in [0.05, 0.1) is 16.7 Å². The highest BCUT2D eigenvalue weighted by atomic mass is 32.2. The third kappa shape index (κ3) is 4.88. The Morgan fingerprint density at radius 2 is 1.10 bits per heavy atom. The number of hydrogen-bond donors (Lipinski definition) is 4. The molecule has 0 fully saturated rings. The molecule has 0 aliphatic carbocycles. The van der Waals surface area contributed by atoms with Crippen LogP contribution in [-0.2, 0) is 10.1 Å². The molecule has 0 radical (unpaired) electrons. The van der Waals surface area contributed by atoms with Crippen LogP contribution in [0.1, 0.15) is 41.4 Å². The average molecular weight is 446 g/mol. The lowest BCUT2D eigenvalue weighted by Gasteiger charge is -2.13. The van der Waals surface area contributed by atoms with E-state index in [1.807, 2.05) is 0 Å². The van der Waals surface area contributed by atoms with Gasteiger partial charge in [-0.15, -0.1) is 0 Å². The number of aromatic carboxylic acids is 4. The van der Waals surface area contributed by atoms with Crippen molar-refractivity contribution in [2.24, 2.45) is 0 Å². The summed E-state index contributed by atoms with van der Waals surface area (Å²) in [5.41, 5.74) is -3.68. The zero-order valence-corrected chi connectivity index (χ0v) is 15.3. The maximum absolute atomic E-state index is 12.5. The molecule has 0 aliphatic heterocycles. The van der Waals surface area contributed by atoms with Crippen molar-refractivity contribution in [3.05, 3.63) is 58.7 Å². The van der Waals surface area contributed by atoms with E-state index in [0.29, 0.717) is 0 Å². The first-order valence-electron chi connectivity index (χ1n) is 7.11. The second-order valence-electron chi connectivity index (χ2n) is 5.12. The van der Waals surface area contributed by atoms with Crippen molar-refractivity contribution in [1.82, 2.24) is 0 Å². The van der Waals surface area contributed by atoms with E-state index >= 15 is 0 Å². The van der Waals surface area contributed by atoms with Gasteiger partial charge in [0.25, 0.3) is 0 Å². The highest BCUT2D eigenvalue weighted by molar-refractivity contribution is 7.87. The fourth-order valence-corrected chi connectivity index (χ4v) is 3.46. The van der Waals surface area contributed by atoms with Crippen LogP contribution in [-0.4, -0.2) is 63.7 Å². The first-order chi connectivity index (χ1) is 13.0. The summed E-state index contributed by atoms with van der Waals surface area (Å²) >= 11 is 0. The summed E-state index contributed by atoms with van der Waals surface area (Å²) in [5.74, 6) is -7.95. The first-order valence-corrected chi connectivity index (χ1v) is 8.52. The summed E-state index contributed by atoms with van der Waals surface area (Å²) in [5, 5.41) is 36.6. The quantitative estimate of drug-likeness (QED) is 0.397. The fourth-order valence-electron chi connectivity index (χ4n) is 2.30. The molecular weight excluding hydrogens is 432 g/mol. The van der Waals surface area contributed by atoms with E-state index in [4.69, 9.17) is 10.2 Å². The van der Waals surface area contributed by atoms with Crippen molar-refractivity contribution in [3.8, 4) is 5.75 Å². The number of benzene rings is 2. The Morgan fingerprint density at radius 3 is 1.53 bits per heavy atom. The van der Waals surface area contributed by atoms with Gasteiger partial charge in [0.15, 0.2) is 5.75 Å². The summed E-state index contributed by atoms with van der Waals surface area (Å²) < 4.78 is 29.7. The van der Waals surface area contributed by atoms with E-state index in [1.54, 1.807) is 0 Å². The Hall–Kier alpha value is -4.01. The SMILES string of the molecule is O.O.O=C(O)c1cccc(OS(=O)(=O)c2cccc(C(=O)O)c2C(=O)O)c1C(=O)O. The molecule has 30 heavy (non-hydrogen) atoms. The van der Waals surface area contributed by atoms with Gasteiger partial charge in [0.2, 0.25) is 0 Å². The van der Waals surface area contributed by atoms with Gasteiger partial charge in [0.1, 0.15) is 10.5 Å². The molecule has 162 valence electrons. The number of hydrogen-bond acceptors (Lipinski definition) is 7. The van der Waals surface area contributed by atoms with Crippen LogP contribution < -0.4 is 4.18 Å². The molecule has 8 N–H and O–H groups in total. The zero-order chi connectivity index (χ0) is 21.2. The summed E-state index contributed by atoms with van der Waals surface area (Å²) in [7, 11) is -5.04. The molecule has 0 saturated heterocycles. The second kappa shape index (κ2) is 9.46. The van der Waals surface area contributed by atoms with Crippen LogP contribution in [0.15, 0.2) is 41.3 Å². The summed E-state index contributed by atoms with van der Waals surface area (Å²) in [6, 6.07) is 5.35. The maximum Gasteiger partial charge on any atom is 0.340 e. The summed E-state index contributed by atoms with van der Waals surface area (Å²) in [6.07, 6.45) is 0. The minimum atomic E-state index is -5.04. The van der Waals surface area contributed by atoms with Gasteiger partial charge < -0.3 is 35.6 Å². The Morgan fingerprint density at radius 1 is 0.667 bits per heavy atom. The molecule has 0 unspecified atom stereocenters. The van der Waals surface area contributed by atoms with Crippen LogP contribution in [0.4, 0.5) is 0 Å². The Balaban J connectivity index is 0.00000420. The molecule has 0 spiro atoms. The molecular formula is C16H14O13S. The van der Waals surface area contributed by atoms with Crippen LogP contribution in [0.5, 0.6) is 5.75 Å². The van der Waals surface area contributed by atoms with Crippen molar-refractivity contribution < 1.29 is 63.2 Å². The van der Waals surface area contributed by atoms with E-state index in [9.17, 15) is 37.8 Å². The summed E-state index contributed by atoms with van der Waals surface area (Å²) in [4.78, 5) is 44.1. The van der Waals surface area contributed by atoms with E-state index in [1.165, 1.54) is 0 Å². The van der Waals surface area contributed by atoms with Crippen molar-refractivity contribution >= 4 is 34.0 Å². The lowest BCUT2D eigenvalue weighted by Crippen LogP contribution is -2.19. The van der Waals surface area contributed by atoms with Crippen LogP contribution in [0.25, 0.3) is 0 Å². The zero-order valence-electron chi connectivity index (χ0n) is 14.5. The van der Waals surface area contributed by atoms with Crippen LogP contribution in [0.2, 0.25) is 0 Å². The molecule has 14 heteroatoms. The molecule has 2 aromatic rings. The molecule has 0 saturated carbocycles. The van der Waals surface area contributed by atoms with Crippen molar-refractivity contribution in [3.63, 3.8) is 0 Å². The molecule has 13 nitrogen and oxygen atoms in total. The van der Waals surface area contributed by atoms with E-state index < -0.39 is 66.9 Å². The largest absolute Gasteiger partial charge is 0.478 e. The van der Waals surface area contributed by atoms with Crippen molar-refractivity contribution in [2.75, 3.05) is 0 Å². The van der Waals surface area contributed by atoms with E-state index in [-0.39, 0.29) is 11.0 Å². The predicted octanol–water partition coefficient (Wildman–Crippen LogP) is -0.402. The standard InChI is InChI=1S/C16H10O11S.2H2O/c17-13(18)7-3-1-5-9(11(7)15(21)22)27-28(25,26)10-6-2-4-8(14(19)20)12(10)16(23)24;;/h1-6H,(H,17,18)(H,19,20)(H,21,22)(H,23,24);2*1H2. The molecule has 0 bridgehead atoms. The maximum atomic E-state index is 12.5. The van der Waals surface area contributed by atoms with Gasteiger partial charge in [-0.3, -0.25) is 0 Å². The van der Waals surface area contributed by atoms with Crippen LogP contribution in [0.3, 0.4) is 0 Å². The lowest BCUT2D eigenvalue weighted by molar-refractivity contribution is 0.0647. The third-order valence-electron chi connectivity index (χ3n) is 3.41. The number of carboxylic acid groups (broad SMARTS) is 4. The lowest BCUT2D eigenvalue weighted by atomic mass is 10.1. The smallest absolute Gasteiger partial charge is 0.340 e. The van der Waals surface area contributed by atoms with Gasteiger partial charge in [-0.25, -0.2) is 19.2 Å². The predicted molar refractivity (Wildman–Crippen MR) is 95.8 cm³/mol. The minimum absolute atomic E-state index is 0. The fraction of sp³-hybridized carbons (Fsp3) is 0. The molecule has 0 aromatic heterocycles. The summed E-state index contributed by atoms with van der Waals surface area (Å²) in [6.45, 7) is 0. The van der Waals surface area contributed by atoms with Gasteiger partial charge in [-0.1, -0.05) is 12.1 Å². The second-order valence-corrected chi connectivity index (χ2v) is 6.63. The third-order valence-corrected chi connectivity index (χ3v) is 4.69. The Labute approximate surface area is 167 Å². The molecule has 2 rings (SSSR count). The number of carboxylic acids is 4. The molecule has 0 aliphatic rings. The first kappa shape index (κ1) is 26.0. The Bertz CT molecular complexity index is 1120. The van der Waals surface area contributed by atoms with Gasteiger partial charge in [0, 0.05) is 0 Å². The van der Waals surface area contributed by atoms with E-state index in [0.717, 1.165) is 36.4 Å². The van der Waals surface area contributed by atoms with E-state index in [2.05, 4.69) is 4.18 Å².